The summed E-state index contributed by atoms with van der Waals surface area (Å²) in [6, 6.07) is 3.66. The summed E-state index contributed by atoms with van der Waals surface area (Å²) in [5.74, 6) is 0. The van der Waals surface area contributed by atoms with Crippen LogP contribution in [0.4, 0.5) is 0 Å². The van der Waals surface area contributed by atoms with Gasteiger partial charge >= 0.3 is 0 Å². The van der Waals surface area contributed by atoms with Gasteiger partial charge in [-0.05, 0) is 17.7 Å². The monoisotopic (exact) mass is 146 g/mol. The van der Waals surface area contributed by atoms with Gasteiger partial charge in [0.1, 0.15) is 0 Å². The lowest BCUT2D eigenvalue weighted by molar-refractivity contribution is 1.21. The highest BCUT2D eigenvalue weighted by Gasteiger charge is 2.02. The molecule has 2 aliphatic rings. The van der Waals surface area contributed by atoms with Crippen LogP contribution in [0.2, 0.25) is 0 Å². The van der Waals surface area contributed by atoms with Crippen LogP contribution < -0.4 is 5.56 Å². The Morgan fingerprint density at radius 3 is 3.09 bits per heavy atom. The minimum atomic E-state index is -0.181. The maximum Gasteiger partial charge on any atom is 0.279 e. The van der Waals surface area contributed by atoms with E-state index in [1.807, 2.05) is 12.1 Å². The molecule has 54 valence electrons. The number of H-pyrrole nitrogens is 1. The van der Waals surface area contributed by atoms with E-state index in [2.05, 4.69) is 9.97 Å². The Balaban J connectivity index is 2.90. The molecule has 0 aliphatic carbocycles. The lowest BCUT2D eigenvalue weighted by atomic mass is 10.1. The van der Waals surface area contributed by atoms with Crippen molar-refractivity contribution in [3.8, 4) is 11.1 Å². The highest BCUT2D eigenvalue weighted by molar-refractivity contribution is 5.61. The zero-order chi connectivity index (χ0) is 7.68. The van der Waals surface area contributed by atoms with Crippen molar-refractivity contribution in [2.75, 3.05) is 0 Å². The van der Waals surface area contributed by atoms with Crippen molar-refractivity contribution in [2.24, 2.45) is 0 Å². The minimum Gasteiger partial charge on any atom is -0.367 e. The van der Waals surface area contributed by atoms with E-state index in [9.17, 15) is 4.79 Å². The molecule has 3 nitrogen and oxygen atoms in total. The van der Waals surface area contributed by atoms with Crippen molar-refractivity contribution in [3.63, 3.8) is 0 Å². The van der Waals surface area contributed by atoms with Crippen molar-refractivity contribution >= 4 is 0 Å². The SMILES string of the molecule is O=c1nccc2cc[nH]cc1-2. The Morgan fingerprint density at radius 2 is 2.27 bits per heavy atom. The number of pyridine rings is 2. The van der Waals surface area contributed by atoms with Gasteiger partial charge in [-0.1, -0.05) is 0 Å². The van der Waals surface area contributed by atoms with Gasteiger partial charge in [0.25, 0.3) is 5.56 Å². The molecule has 0 bridgehead atoms. The van der Waals surface area contributed by atoms with E-state index in [0.717, 1.165) is 5.56 Å². The largest absolute Gasteiger partial charge is 0.367 e. The average molecular weight is 146 g/mol. The zero-order valence-electron chi connectivity index (χ0n) is 5.74. The van der Waals surface area contributed by atoms with Gasteiger partial charge in [0.2, 0.25) is 0 Å². The molecule has 0 saturated heterocycles. The Morgan fingerprint density at radius 1 is 1.36 bits per heavy atom. The first-order valence-electron chi connectivity index (χ1n) is 3.30. The highest BCUT2D eigenvalue weighted by Crippen LogP contribution is 2.12. The fraction of sp³-hybridized carbons (Fsp3) is 0. The molecule has 0 radical (unpaired) electrons. The van der Waals surface area contributed by atoms with E-state index in [1.165, 1.54) is 6.20 Å². The summed E-state index contributed by atoms with van der Waals surface area (Å²) in [7, 11) is 0. The summed E-state index contributed by atoms with van der Waals surface area (Å²) >= 11 is 0. The third-order valence-electron chi connectivity index (χ3n) is 1.57. The first-order chi connectivity index (χ1) is 5.38. The summed E-state index contributed by atoms with van der Waals surface area (Å²) in [6.07, 6.45) is 4.96. The number of rotatable bonds is 0. The molecule has 0 spiro atoms. The van der Waals surface area contributed by atoms with Gasteiger partial charge in [0.05, 0.1) is 5.56 Å². The van der Waals surface area contributed by atoms with Crippen LogP contribution >= 0.6 is 0 Å². The number of aromatic amines is 1. The van der Waals surface area contributed by atoms with Crippen molar-refractivity contribution in [2.45, 2.75) is 0 Å². The Hall–Kier alpha value is -1.64. The summed E-state index contributed by atoms with van der Waals surface area (Å²) in [5.41, 5.74) is 1.37. The number of fused-ring (bicyclic) bond motifs is 1. The van der Waals surface area contributed by atoms with Crippen LogP contribution in [0, 0.1) is 0 Å². The molecule has 0 aromatic carbocycles. The third kappa shape index (κ3) is 0.902. The predicted octanol–water partition coefficient (Wildman–Crippen LogP) is 0.875. The molecule has 2 rings (SSSR count). The summed E-state index contributed by atoms with van der Waals surface area (Å²) < 4.78 is 0. The molecule has 0 fully saturated rings. The van der Waals surface area contributed by atoms with E-state index in [-0.39, 0.29) is 5.56 Å². The van der Waals surface area contributed by atoms with Crippen LogP contribution in [0.5, 0.6) is 0 Å². The predicted molar refractivity (Wildman–Crippen MR) is 41.5 cm³/mol. The lowest BCUT2D eigenvalue weighted by Gasteiger charge is -1.99. The number of hydrogen-bond donors (Lipinski definition) is 1. The smallest absolute Gasteiger partial charge is 0.279 e. The van der Waals surface area contributed by atoms with Crippen molar-refractivity contribution in [1.82, 2.24) is 9.97 Å². The van der Waals surface area contributed by atoms with E-state index in [0.29, 0.717) is 5.56 Å². The van der Waals surface area contributed by atoms with Crippen LogP contribution in [-0.2, 0) is 0 Å². The minimum absolute atomic E-state index is 0.181. The topological polar surface area (TPSA) is 45.8 Å². The first kappa shape index (κ1) is 6.09. The first-order valence-corrected chi connectivity index (χ1v) is 3.30. The maximum atomic E-state index is 11.0. The van der Waals surface area contributed by atoms with Crippen molar-refractivity contribution in [3.05, 3.63) is 41.1 Å². The molecule has 11 heavy (non-hydrogen) atoms. The summed E-state index contributed by atoms with van der Waals surface area (Å²) in [6.45, 7) is 0. The van der Waals surface area contributed by atoms with E-state index < -0.39 is 0 Å². The van der Waals surface area contributed by atoms with E-state index >= 15 is 0 Å². The van der Waals surface area contributed by atoms with Crippen LogP contribution in [0.1, 0.15) is 0 Å². The van der Waals surface area contributed by atoms with Gasteiger partial charge in [0, 0.05) is 18.6 Å². The second-order valence-electron chi connectivity index (χ2n) is 2.26. The normalized spacial score (nSPS) is 10.2. The summed E-state index contributed by atoms with van der Waals surface area (Å²) in [4.78, 5) is 17.5. The van der Waals surface area contributed by atoms with Crippen molar-refractivity contribution < 1.29 is 0 Å². The fourth-order valence-electron chi connectivity index (χ4n) is 1.03. The quantitative estimate of drug-likeness (QED) is 0.599. The molecule has 0 saturated carbocycles. The molecule has 1 N–H and O–H groups in total. The molecule has 0 atom stereocenters. The molecular formula is C8H6N2O. The zero-order valence-corrected chi connectivity index (χ0v) is 5.74. The molecule has 3 heteroatoms. The van der Waals surface area contributed by atoms with E-state index in [4.69, 9.17) is 0 Å². The molecule has 0 unspecified atom stereocenters. The van der Waals surface area contributed by atoms with Gasteiger partial charge in [-0.25, -0.2) is 4.98 Å². The molecule has 0 aromatic rings. The molecule has 0 amide bonds. The molecule has 0 aromatic heterocycles. The lowest BCUT2D eigenvalue weighted by Crippen LogP contribution is -2.08. The van der Waals surface area contributed by atoms with Crippen LogP contribution in [-0.4, -0.2) is 9.97 Å². The summed E-state index contributed by atoms with van der Waals surface area (Å²) in [5, 5.41) is 0. The standard InChI is InChI=1S/C8H6N2O/c11-8-7-5-9-3-1-6(7)2-4-10-8/h1-5,9H. The van der Waals surface area contributed by atoms with Gasteiger partial charge < -0.3 is 4.98 Å². The van der Waals surface area contributed by atoms with Gasteiger partial charge in [-0.3, -0.25) is 4.79 Å². The molecule has 2 heterocycles. The number of nitrogens with one attached hydrogen (secondary N) is 1. The second kappa shape index (κ2) is 2.20. The third-order valence-corrected chi connectivity index (χ3v) is 1.57. The number of nitrogens with zero attached hydrogens (tertiary/aromatic N) is 1. The van der Waals surface area contributed by atoms with Crippen LogP contribution in [0.25, 0.3) is 11.1 Å². The van der Waals surface area contributed by atoms with Gasteiger partial charge in [-0.2, -0.15) is 0 Å². The molecule has 2 aliphatic heterocycles. The highest BCUT2D eigenvalue weighted by atomic mass is 16.1. The number of aromatic nitrogens is 2. The van der Waals surface area contributed by atoms with Gasteiger partial charge in [-0.15, -0.1) is 0 Å². The Labute approximate surface area is 63.1 Å². The molecular weight excluding hydrogens is 140 g/mol. The average Bonchev–Trinajstić information content (AvgIpc) is 2.06. The Bertz CT molecular complexity index is 394. The van der Waals surface area contributed by atoms with Gasteiger partial charge in [0.15, 0.2) is 0 Å². The van der Waals surface area contributed by atoms with E-state index in [1.54, 1.807) is 12.4 Å². The fourth-order valence-corrected chi connectivity index (χ4v) is 1.03. The van der Waals surface area contributed by atoms with Crippen LogP contribution in [0.15, 0.2) is 35.5 Å². The maximum absolute atomic E-state index is 11.0. The Kier molecular flexibility index (Phi) is 1.22. The van der Waals surface area contributed by atoms with Crippen LogP contribution in [0.3, 0.4) is 0 Å². The van der Waals surface area contributed by atoms with Crippen molar-refractivity contribution in [1.29, 1.82) is 0 Å². The number of hydrogen-bond acceptors (Lipinski definition) is 2. The second-order valence-corrected chi connectivity index (χ2v) is 2.26.